The Balaban J connectivity index is 1.90. The lowest BCUT2D eigenvalue weighted by Gasteiger charge is -2.31. The summed E-state index contributed by atoms with van der Waals surface area (Å²) in [6, 6.07) is 7.24. The lowest BCUT2D eigenvalue weighted by atomic mass is 10.2. The van der Waals surface area contributed by atoms with Crippen molar-refractivity contribution in [2.45, 2.75) is 6.92 Å². The summed E-state index contributed by atoms with van der Waals surface area (Å²) in [6.45, 7) is 3.65. The number of rotatable bonds is 2. The largest absolute Gasteiger partial charge is 0.342 e. The molecule has 1 saturated heterocycles. The van der Waals surface area contributed by atoms with Gasteiger partial charge >= 0.3 is 11.8 Å². The second-order valence-electron chi connectivity index (χ2n) is 4.75. The number of nitrogens with zero attached hydrogens (tertiary/aromatic N) is 2. The first-order chi connectivity index (χ1) is 9.60. The molecule has 0 atom stereocenters. The molecule has 1 fully saturated rings. The summed E-state index contributed by atoms with van der Waals surface area (Å²) in [4.78, 5) is 37.5. The molecule has 1 heterocycles. The molecule has 0 bridgehead atoms. The Kier molecular flexibility index (Phi) is 4.34. The van der Waals surface area contributed by atoms with Crippen molar-refractivity contribution < 1.29 is 14.4 Å². The number of piperazine rings is 1. The molecule has 6 nitrogen and oxygen atoms in total. The van der Waals surface area contributed by atoms with Gasteiger partial charge in [-0.3, -0.25) is 14.4 Å². The zero-order valence-corrected chi connectivity index (χ0v) is 11.3. The van der Waals surface area contributed by atoms with Crippen molar-refractivity contribution in [3.8, 4) is 0 Å². The first-order valence-electron chi connectivity index (χ1n) is 6.46. The number of nitrogens with one attached hydrogen (secondary N) is 1. The van der Waals surface area contributed by atoms with Gasteiger partial charge in [0, 0.05) is 31.9 Å². The second-order valence-corrected chi connectivity index (χ2v) is 4.75. The van der Waals surface area contributed by atoms with E-state index >= 15 is 0 Å². The highest BCUT2D eigenvalue weighted by atomic mass is 16.2. The van der Waals surface area contributed by atoms with Crippen LogP contribution in [0.15, 0.2) is 24.3 Å². The molecule has 1 N–H and O–H groups in total. The van der Waals surface area contributed by atoms with Gasteiger partial charge in [0.05, 0.1) is 0 Å². The van der Waals surface area contributed by atoms with Crippen molar-refractivity contribution in [3.05, 3.63) is 29.8 Å². The van der Waals surface area contributed by atoms with Gasteiger partial charge in [0.15, 0.2) is 0 Å². The Morgan fingerprint density at radius 1 is 1.10 bits per heavy atom. The average Bonchev–Trinajstić information content (AvgIpc) is 2.49. The number of hydrogen-bond acceptors (Lipinski definition) is 3. The zero-order valence-electron chi connectivity index (χ0n) is 11.3. The molecule has 6 heteroatoms. The van der Waals surface area contributed by atoms with Crippen LogP contribution in [0.25, 0.3) is 0 Å². The summed E-state index contributed by atoms with van der Waals surface area (Å²) in [6.07, 6.45) is 0.758. The number of amides is 3. The third kappa shape index (κ3) is 3.34. The van der Waals surface area contributed by atoms with Crippen molar-refractivity contribution in [2.75, 3.05) is 31.5 Å². The Hall–Kier alpha value is -2.37. The lowest BCUT2D eigenvalue weighted by molar-refractivity contribution is -0.144. The van der Waals surface area contributed by atoms with Gasteiger partial charge in [0.1, 0.15) is 0 Å². The van der Waals surface area contributed by atoms with E-state index in [9.17, 15) is 14.4 Å². The third-order valence-electron chi connectivity index (χ3n) is 3.25. The molecule has 1 aromatic carbocycles. The van der Waals surface area contributed by atoms with Gasteiger partial charge in [-0.25, -0.2) is 0 Å². The first kappa shape index (κ1) is 14.0. The molecule has 106 valence electrons. The summed E-state index contributed by atoms with van der Waals surface area (Å²) in [7, 11) is 0. The van der Waals surface area contributed by atoms with Gasteiger partial charge in [-0.2, -0.15) is 0 Å². The van der Waals surface area contributed by atoms with Crippen molar-refractivity contribution in [3.63, 3.8) is 0 Å². The van der Waals surface area contributed by atoms with Crippen molar-refractivity contribution >= 4 is 23.9 Å². The summed E-state index contributed by atoms with van der Waals surface area (Å²) < 4.78 is 0. The topological polar surface area (TPSA) is 69.7 Å². The van der Waals surface area contributed by atoms with E-state index in [1.807, 2.05) is 19.1 Å². The van der Waals surface area contributed by atoms with Crippen LogP contribution in [0.3, 0.4) is 0 Å². The van der Waals surface area contributed by atoms with Crippen LogP contribution < -0.4 is 5.32 Å². The van der Waals surface area contributed by atoms with E-state index in [0.717, 1.165) is 12.0 Å². The number of carbonyl (C=O) groups is 3. The number of aryl methyl sites for hydroxylation is 1. The van der Waals surface area contributed by atoms with E-state index < -0.39 is 11.8 Å². The maximum Gasteiger partial charge on any atom is 0.313 e. The molecule has 1 aliphatic rings. The van der Waals surface area contributed by atoms with Gasteiger partial charge in [0.25, 0.3) is 0 Å². The van der Waals surface area contributed by atoms with Crippen LogP contribution >= 0.6 is 0 Å². The van der Waals surface area contributed by atoms with Crippen molar-refractivity contribution in [1.82, 2.24) is 9.80 Å². The SMILES string of the molecule is Cc1ccc(NC(=O)C(=O)N2CCN(C=O)CC2)cc1. The molecular weight excluding hydrogens is 258 g/mol. The van der Waals surface area contributed by atoms with E-state index in [1.54, 1.807) is 17.0 Å². The smallest absolute Gasteiger partial charge is 0.313 e. The minimum Gasteiger partial charge on any atom is -0.342 e. The molecule has 0 aliphatic carbocycles. The van der Waals surface area contributed by atoms with E-state index in [-0.39, 0.29) is 0 Å². The highest BCUT2D eigenvalue weighted by molar-refractivity contribution is 6.39. The van der Waals surface area contributed by atoms with Crippen LogP contribution in [0, 0.1) is 6.92 Å². The number of anilines is 1. The predicted octanol–water partition coefficient (Wildman–Crippen LogP) is 0.234. The maximum atomic E-state index is 12.0. The highest BCUT2D eigenvalue weighted by Gasteiger charge is 2.25. The fourth-order valence-corrected chi connectivity index (χ4v) is 2.00. The van der Waals surface area contributed by atoms with E-state index in [0.29, 0.717) is 31.9 Å². The summed E-state index contributed by atoms with van der Waals surface area (Å²) >= 11 is 0. The van der Waals surface area contributed by atoms with Crippen LogP contribution in [0.1, 0.15) is 5.56 Å². The molecule has 1 aliphatic heterocycles. The van der Waals surface area contributed by atoms with Crippen LogP contribution in [0.2, 0.25) is 0 Å². The first-order valence-corrected chi connectivity index (χ1v) is 6.46. The molecule has 3 amide bonds. The monoisotopic (exact) mass is 275 g/mol. The molecule has 0 spiro atoms. The van der Waals surface area contributed by atoms with Gasteiger partial charge < -0.3 is 15.1 Å². The number of carbonyl (C=O) groups excluding carboxylic acids is 3. The molecule has 0 saturated carbocycles. The van der Waals surface area contributed by atoms with Crippen LogP contribution in [-0.4, -0.2) is 54.2 Å². The maximum absolute atomic E-state index is 12.0. The standard InChI is InChI=1S/C14H17N3O3/c1-11-2-4-12(5-3-11)15-13(19)14(20)17-8-6-16(10-18)7-9-17/h2-5,10H,6-9H2,1H3,(H,15,19). The fourth-order valence-electron chi connectivity index (χ4n) is 2.00. The van der Waals surface area contributed by atoms with Crippen molar-refractivity contribution in [2.24, 2.45) is 0 Å². The molecular formula is C14H17N3O3. The van der Waals surface area contributed by atoms with Gasteiger partial charge in [0.2, 0.25) is 6.41 Å². The quantitative estimate of drug-likeness (QED) is 0.620. The number of benzene rings is 1. The normalized spacial score (nSPS) is 14.8. The Morgan fingerprint density at radius 2 is 1.70 bits per heavy atom. The molecule has 0 aromatic heterocycles. The Bertz CT molecular complexity index is 505. The summed E-state index contributed by atoms with van der Waals surface area (Å²) in [5.41, 5.74) is 1.68. The molecule has 2 rings (SSSR count). The molecule has 0 unspecified atom stereocenters. The minimum atomic E-state index is -0.645. The highest BCUT2D eigenvalue weighted by Crippen LogP contribution is 2.09. The van der Waals surface area contributed by atoms with E-state index in [4.69, 9.17) is 0 Å². The van der Waals surface area contributed by atoms with Gasteiger partial charge in [-0.1, -0.05) is 17.7 Å². The Morgan fingerprint density at radius 3 is 2.25 bits per heavy atom. The van der Waals surface area contributed by atoms with Gasteiger partial charge in [-0.05, 0) is 19.1 Å². The average molecular weight is 275 g/mol. The van der Waals surface area contributed by atoms with Gasteiger partial charge in [-0.15, -0.1) is 0 Å². The summed E-state index contributed by atoms with van der Waals surface area (Å²) in [5, 5.41) is 2.58. The van der Waals surface area contributed by atoms with Crippen LogP contribution in [0.5, 0.6) is 0 Å². The Labute approximate surface area is 117 Å². The van der Waals surface area contributed by atoms with Crippen LogP contribution in [0.4, 0.5) is 5.69 Å². The fraction of sp³-hybridized carbons (Fsp3) is 0.357. The predicted molar refractivity (Wildman–Crippen MR) is 74.0 cm³/mol. The third-order valence-corrected chi connectivity index (χ3v) is 3.25. The van der Waals surface area contributed by atoms with Crippen LogP contribution in [-0.2, 0) is 14.4 Å². The molecule has 1 aromatic rings. The minimum absolute atomic E-state index is 0.388. The zero-order chi connectivity index (χ0) is 14.5. The van der Waals surface area contributed by atoms with E-state index in [2.05, 4.69) is 5.32 Å². The summed E-state index contributed by atoms with van der Waals surface area (Å²) in [5.74, 6) is -1.20. The number of hydrogen-bond donors (Lipinski definition) is 1. The molecule has 0 radical (unpaired) electrons. The lowest BCUT2D eigenvalue weighted by Crippen LogP contribution is -2.51. The van der Waals surface area contributed by atoms with E-state index in [1.165, 1.54) is 4.90 Å². The second kappa shape index (κ2) is 6.18. The molecule has 20 heavy (non-hydrogen) atoms. The van der Waals surface area contributed by atoms with Crippen molar-refractivity contribution in [1.29, 1.82) is 0 Å².